The maximum absolute atomic E-state index is 12.4. The second-order valence-corrected chi connectivity index (χ2v) is 13.8. The fourth-order valence-corrected chi connectivity index (χ4v) is 6.03. The van der Waals surface area contributed by atoms with Gasteiger partial charge in [0.05, 0.1) is 15.9 Å². The molecule has 210 valence electrons. The molecule has 0 radical (unpaired) electrons. The van der Waals surface area contributed by atoms with Crippen molar-refractivity contribution in [1.29, 1.82) is 0 Å². The largest absolute Gasteiger partial charge is 0.444 e. The lowest BCUT2D eigenvalue weighted by atomic mass is 9.88. The third-order valence-electron chi connectivity index (χ3n) is 7.58. The van der Waals surface area contributed by atoms with Crippen molar-refractivity contribution >= 4 is 27.0 Å². The summed E-state index contributed by atoms with van der Waals surface area (Å²) in [5.74, 6) is 1.22. The second kappa shape index (κ2) is 10.4. The number of carbonyl (C=O) groups excluding carboxylic acids is 1. The molecule has 0 atom stereocenters. The van der Waals surface area contributed by atoms with Crippen LogP contribution in [-0.2, 0) is 21.6 Å². The number of aromatic nitrogens is 2. The minimum atomic E-state index is -3.25. The summed E-state index contributed by atoms with van der Waals surface area (Å²) in [7, 11) is -1.26. The Kier molecular flexibility index (Phi) is 7.25. The Hall–Kier alpha value is -3.65. The van der Waals surface area contributed by atoms with Gasteiger partial charge in [-0.2, -0.15) is 0 Å². The highest BCUT2D eigenvalue weighted by molar-refractivity contribution is 7.90. The predicted molar refractivity (Wildman–Crippen MR) is 159 cm³/mol. The van der Waals surface area contributed by atoms with Crippen molar-refractivity contribution in [1.82, 2.24) is 14.5 Å². The van der Waals surface area contributed by atoms with E-state index in [0.29, 0.717) is 23.9 Å². The molecule has 8 heteroatoms. The number of benzene rings is 3. The van der Waals surface area contributed by atoms with Crippen LogP contribution in [0.3, 0.4) is 0 Å². The molecule has 2 heterocycles. The lowest BCUT2D eigenvalue weighted by Gasteiger charge is -2.33. The first kappa shape index (κ1) is 27.9. The monoisotopic (exact) mass is 559 g/mol. The van der Waals surface area contributed by atoms with Crippen LogP contribution in [-0.4, -0.2) is 53.9 Å². The number of aryl methyl sites for hydroxylation is 2. The van der Waals surface area contributed by atoms with Crippen molar-refractivity contribution in [3.63, 3.8) is 0 Å². The Balaban J connectivity index is 1.34. The molecule has 0 aliphatic carbocycles. The Morgan fingerprint density at radius 3 is 2.10 bits per heavy atom. The van der Waals surface area contributed by atoms with E-state index in [1.165, 1.54) is 11.8 Å². The zero-order valence-electron chi connectivity index (χ0n) is 24.1. The summed E-state index contributed by atoms with van der Waals surface area (Å²) in [6, 6.07) is 20.0. The van der Waals surface area contributed by atoms with Gasteiger partial charge in [0.1, 0.15) is 11.4 Å². The topological polar surface area (TPSA) is 81.5 Å². The third-order valence-corrected chi connectivity index (χ3v) is 8.71. The van der Waals surface area contributed by atoms with E-state index in [2.05, 4.69) is 47.9 Å². The molecule has 0 unspecified atom stereocenters. The average molecular weight is 560 g/mol. The first-order valence-electron chi connectivity index (χ1n) is 13.7. The number of hydrogen-bond donors (Lipinski definition) is 0. The molecule has 0 bridgehead atoms. The fraction of sp³-hybridized carbons (Fsp3) is 0.375. The van der Waals surface area contributed by atoms with Crippen LogP contribution >= 0.6 is 0 Å². The van der Waals surface area contributed by atoms with Gasteiger partial charge < -0.3 is 14.2 Å². The highest BCUT2D eigenvalue weighted by Crippen LogP contribution is 2.33. The van der Waals surface area contributed by atoms with Gasteiger partial charge in [0.25, 0.3) is 0 Å². The minimum Gasteiger partial charge on any atom is -0.444 e. The maximum atomic E-state index is 12.4. The van der Waals surface area contributed by atoms with E-state index in [4.69, 9.17) is 9.72 Å². The van der Waals surface area contributed by atoms with Gasteiger partial charge in [-0.3, -0.25) is 0 Å². The molecule has 1 aromatic heterocycles. The van der Waals surface area contributed by atoms with E-state index in [-0.39, 0.29) is 6.09 Å². The first-order valence-corrected chi connectivity index (χ1v) is 15.5. The van der Waals surface area contributed by atoms with Crippen LogP contribution in [0.25, 0.3) is 33.5 Å². The Morgan fingerprint density at radius 2 is 1.52 bits per heavy atom. The molecule has 7 nitrogen and oxygen atoms in total. The SMILES string of the molecule is Cc1cc(-c2ccc(C3CCN(C(=O)OC(C)(C)C)CC3)cc2)cc2c1nc(-c1ccc(S(C)(=O)=O)cc1)n2C. The number of amides is 1. The first-order chi connectivity index (χ1) is 18.8. The average Bonchev–Trinajstić information content (AvgIpc) is 3.24. The molecule has 0 spiro atoms. The number of sulfone groups is 1. The summed E-state index contributed by atoms with van der Waals surface area (Å²) in [6.07, 6.45) is 2.83. The molecule has 0 saturated carbocycles. The highest BCUT2D eigenvalue weighted by Gasteiger charge is 2.27. The Labute approximate surface area is 236 Å². The van der Waals surface area contributed by atoms with Crippen LogP contribution in [0.15, 0.2) is 65.6 Å². The standard InChI is InChI=1S/C32H37N3O4S/c1-21-19-26(20-28-29(21)33-30(34(28)5)25-11-13-27(14-12-25)40(6,37)38)23-9-7-22(8-10-23)24-15-17-35(18-16-24)31(36)39-32(2,3)4/h7-14,19-20,24H,15-18H2,1-6H3. The number of nitrogens with zero attached hydrogens (tertiary/aromatic N) is 3. The quantitative estimate of drug-likeness (QED) is 0.277. The predicted octanol–water partition coefficient (Wildman–Crippen LogP) is 6.73. The van der Waals surface area contributed by atoms with Gasteiger partial charge in [-0.15, -0.1) is 0 Å². The van der Waals surface area contributed by atoms with Crippen molar-refractivity contribution in [2.45, 2.75) is 57.0 Å². The van der Waals surface area contributed by atoms with Gasteiger partial charge in [-0.1, -0.05) is 24.3 Å². The number of likely N-dealkylation sites (tertiary alicyclic amines) is 1. The van der Waals surface area contributed by atoms with Crippen LogP contribution in [0.4, 0.5) is 4.79 Å². The van der Waals surface area contributed by atoms with E-state index in [1.807, 2.05) is 44.9 Å². The van der Waals surface area contributed by atoms with Gasteiger partial charge in [-0.25, -0.2) is 18.2 Å². The number of piperidine rings is 1. The van der Waals surface area contributed by atoms with Crippen molar-refractivity contribution in [3.8, 4) is 22.5 Å². The van der Waals surface area contributed by atoms with Crippen LogP contribution in [0, 0.1) is 6.92 Å². The summed E-state index contributed by atoms with van der Waals surface area (Å²) >= 11 is 0. The normalized spacial score (nSPS) is 15.0. The molecule has 4 aromatic rings. The van der Waals surface area contributed by atoms with E-state index in [0.717, 1.165) is 52.0 Å². The summed E-state index contributed by atoms with van der Waals surface area (Å²) in [5, 5.41) is 0. The number of imidazole rings is 1. The fourth-order valence-electron chi connectivity index (χ4n) is 5.40. The van der Waals surface area contributed by atoms with Crippen molar-refractivity contribution in [2.75, 3.05) is 19.3 Å². The van der Waals surface area contributed by atoms with Gasteiger partial charge >= 0.3 is 6.09 Å². The Morgan fingerprint density at radius 1 is 0.925 bits per heavy atom. The highest BCUT2D eigenvalue weighted by atomic mass is 32.2. The molecule has 1 aliphatic heterocycles. The van der Waals surface area contributed by atoms with E-state index in [9.17, 15) is 13.2 Å². The summed E-state index contributed by atoms with van der Waals surface area (Å²) in [6.45, 7) is 9.17. The maximum Gasteiger partial charge on any atom is 0.410 e. The molecule has 40 heavy (non-hydrogen) atoms. The van der Waals surface area contributed by atoms with Crippen molar-refractivity contribution in [3.05, 3.63) is 71.8 Å². The van der Waals surface area contributed by atoms with Crippen molar-refractivity contribution in [2.24, 2.45) is 7.05 Å². The summed E-state index contributed by atoms with van der Waals surface area (Å²) in [5.41, 5.74) is 6.99. The van der Waals surface area contributed by atoms with Crippen LogP contribution < -0.4 is 0 Å². The number of hydrogen-bond acceptors (Lipinski definition) is 5. The zero-order valence-corrected chi connectivity index (χ0v) is 24.9. The Bertz CT molecular complexity index is 1660. The van der Waals surface area contributed by atoms with Gasteiger partial charge in [-0.05, 0) is 105 Å². The second-order valence-electron chi connectivity index (χ2n) is 11.8. The molecule has 1 fully saturated rings. The smallest absolute Gasteiger partial charge is 0.410 e. The lowest BCUT2D eigenvalue weighted by Crippen LogP contribution is -2.41. The van der Waals surface area contributed by atoms with Crippen LogP contribution in [0.2, 0.25) is 0 Å². The molecule has 0 N–H and O–H groups in total. The summed E-state index contributed by atoms with van der Waals surface area (Å²) in [4.78, 5) is 19.4. The zero-order chi connectivity index (χ0) is 28.8. The number of carbonyl (C=O) groups is 1. The molecule has 3 aromatic carbocycles. The van der Waals surface area contributed by atoms with Crippen LogP contribution in [0.5, 0.6) is 0 Å². The molecular weight excluding hydrogens is 522 g/mol. The van der Waals surface area contributed by atoms with E-state index in [1.54, 1.807) is 12.1 Å². The molecule has 1 amide bonds. The van der Waals surface area contributed by atoms with Crippen molar-refractivity contribution < 1.29 is 17.9 Å². The van der Waals surface area contributed by atoms with Gasteiger partial charge in [0, 0.05) is 32.0 Å². The molecular formula is C32H37N3O4S. The third kappa shape index (κ3) is 5.77. The van der Waals surface area contributed by atoms with Gasteiger partial charge in [0.2, 0.25) is 0 Å². The minimum absolute atomic E-state index is 0.226. The van der Waals surface area contributed by atoms with E-state index >= 15 is 0 Å². The molecule has 1 aliphatic rings. The lowest BCUT2D eigenvalue weighted by molar-refractivity contribution is 0.0205. The number of ether oxygens (including phenoxy) is 1. The molecule has 1 saturated heterocycles. The molecule has 5 rings (SSSR count). The summed E-state index contributed by atoms with van der Waals surface area (Å²) < 4.78 is 31.3. The van der Waals surface area contributed by atoms with Gasteiger partial charge in [0.15, 0.2) is 9.84 Å². The number of fused-ring (bicyclic) bond motifs is 1. The number of rotatable bonds is 4. The van der Waals surface area contributed by atoms with E-state index < -0.39 is 15.4 Å². The van der Waals surface area contributed by atoms with Crippen LogP contribution in [0.1, 0.15) is 50.7 Å².